The average molecular weight is 260 g/mol. The molecule has 0 aliphatic heterocycles. The molecule has 0 aliphatic carbocycles. The van der Waals surface area contributed by atoms with Crippen LogP contribution in [0.1, 0.15) is 29.4 Å². The van der Waals surface area contributed by atoms with Crippen LogP contribution in [0.4, 0.5) is 0 Å². The number of benzene rings is 1. The lowest BCUT2D eigenvalue weighted by Gasteiger charge is -2.10. The van der Waals surface area contributed by atoms with Crippen molar-refractivity contribution in [1.82, 2.24) is 10.3 Å². The Labute approximate surface area is 110 Å². The molecule has 2 rings (SSSR count). The van der Waals surface area contributed by atoms with Gasteiger partial charge in [-0.15, -0.1) is 0 Å². The second-order valence-corrected chi connectivity index (χ2v) is 4.75. The molecule has 1 heterocycles. The predicted molar refractivity (Wildman–Crippen MR) is 72.2 cm³/mol. The lowest BCUT2D eigenvalue weighted by molar-refractivity contribution is -0.137. The van der Waals surface area contributed by atoms with Gasteiger partial charge in [-0.2, -0.15) is 0 Å². The van der Waals surface area contributed by atoms with Crippen molar-refractivity contribution in [3.63, 3.8) is 0 Å². The van der Waals surface area contributed by atoms with Gasteiger partial charge in [0.15, 0.2) is 0 Å². The van der Waals surface area contributed by atoms with Crippen molar-refractivity contribution in [2.75, 3.05) is 0 Å². The van der Waals surface area contributed by atoms with E-state index >= 15 is 0 Å². The SMILES string of the molecule is Cc1ccc2[nH]c(C(=O)NC(C)CC(=O)O)cc2c1. The van der Waals surface area contributed by atoms with Gasteiger partial charge in [0.05, 0.1) is 6.42 Å². The van der Waals surface area contributed by atoms with Gasteiger partial charge in [-0.05, 0) is 32.0 Å². The Morgan fingerprint density at radius 1 is 1.37 bits per heavy atom. The summed E-state index contributed by atoms with van der Waals surface area (Å²) in [5, 5.41) is 12.3. The van der Waals surface area contributed by atoms with Gasteiger partial charge in [0, 0.05) is 16.9 Å². The molecule has 0 saturated carbocycles. The van der Waals surface area contributed by atoms with E-state index in [1.807, 2.05) is 25.1 Å². The molecule has 5 heteroatoms. The number of hydrogen-bond acceptors (Lipinski definition) is 2. The molecular weight excluding hydrogens is 244 g/mol. The van der Waals surface area contributed by atoms with Crippen LogP contribution < -0.4 is 5.32 Å². The molecule has 1 amide bonds. The number of nitrogens with one attached hydrogen (secondary N) is 2. The summed E-state index contributed by atoms with van der Waals surface area (Å²) in [6.07, 6.45) is -0.0922. The summed E-state index contributed by atoms with van der Waals surface area (Å²) in [5.41, 5.74) is 2.46. The summed E-state index contributed by atoms with van der Waals surface area (Å²) in [6, 6.07) is 7.24. The third-order valence-electron chi connectivity index (χ3n) is 2.88. The van der Waals surface area contributed by atoms with Crippen LogP contribution in [-0.4, -0.2) is 28.0 Å². The molecule has 0 bridgehead atoms. The first-order chi connectivity index (χ1) is 8.95. The van der Waals surface area contributed by atoms with E-state index in [-0.39, 0.29) is 12.3 Å². The molecule has 19 heavy (non-hydrogen) atoms. The molecule has 0 fully saturated rings. The molecule has 3 N–H and O–H groups in total. The van der Waals surface area contributed by atoms with Crippen LogP contribution in [0.15, 0.2) is 24.3 Å². The summed E-state index contributed by atoms with van der Waals surface area (Å²) in [5.74, 6) is -1.22. The maximum atomic E-state index is 12.0. The minimum absolute atomic E-state index is 0.0922. The predicted octanol–water partition coefficient (Wildman–Crippen LogP) is 2.07. The molecular formula is C14H16N2O3. The number of aromatic amines is 1. The van der Waals surface area contributed by atoms with Crippen LogP contribution in [0.2, 0.25) is 0 Å². The van der Waals surface area contributed by atoms with E-state index in [1.165, 1.54) is 0 Å². The van der Waals surface area contributed by atoms with Gasteiger partial charge in [-0.3, -0.25) is 9.59 Å². The normalized spacial score (nSPS) is 12.3. The van der Waals surface area contributed by atoms with Gasteiger partial charge in [-0.25, -0.2) is 0 Å². The van der Waals surface area contributed by atoms with E-state index in [1.54, 1.807) is 13.0 Å². The molecule has 1 atom stereocenters. The Hall–Kier alpha value is -2.30. The minimum Gasteiger partial charge on any atom is -0.481 e. The number of hydrogen-bond donors (Lipinski definition) is 3. The van der Waals surface area contributed by atoms with Crippen LogP contribution in [0, 0.1) is 6.92 Å². The van der Waals surface area contributed by atoms with Gasteiger partial charge in [0.1, 0.15) is 5.69 Å². The third kappa shape index (κ3) is 3.13. The summed E-state index contributed by atoms with van der Waals surface area (Å²) in [7, 11) is 0. The van der Waals surface area contributed by atoms with Crippen molar-refractivity contribution in [2.24, 2.45) is 0 Å². The number of carboxylic acids is 1. The number of H-pyrrole nitrogens is 1. The van der Waals surface area contributed by atoms with Crippen LogP contribution in [0.25, 0.3) is 10.9 Å². The van der Waals surface area contributed by atoms with Crippen molar-refractivity contribution < 1.29 is 14.7 Å². The van der Waals surface area contributed by atoms with Crippen molar-refractivity contribution in [2.45, 2.75) is 26.3 Å². The molecule has 1 unspecified atom stereocenters. The monoisotopic (exact) mass is 260 g/mol. The highest BCUT2D eigenvalue weighted by atomic mass is 16.4. The van der Waals surface area contributed by atoms with Gasteiger partial charge in [0.2, 0.25) is 0 Å². The molecule has 2 aromatic rings. The zero-order chi connectivity index (χ0) is 14.0. The zero-order valence-electron chi connectivity index (χ0n) is 10.9. The number of carbonyl (C=O) groups excluding carboxylic acids is 1. The molecule has 100 valence electrons. The minimum atomic E-state index is -0.930. The zero-order valence-corrected chi connectivity index (χ0v) is 10.9. The molecule has 0 aliphatic rings. The Morgan fingerprint density at radius 2 is 2.11 bits per heavy atom. The van der Waals surface area contributed by atoms with Crippen LogP contribution >= 0.6 is 0 Å². The molecule has 0 radical (unpaired) electrons. The molecule has 0 saturated heterocycles. The van der Waals surface area contributed by atoms with Gasteiger partial charge >= 0.3 is 5.97 Å². The molecule has 1 aromatic carbocycles. The highest BCUT2D eigenvalue weighted by Gasteiger charge is 2.14. The van der Waals surface area contributed by atoms with Gasteiger partial charge < -0.3 is 15.4 Å². The first-order valence-electron chi connectivity index (χ1n) is 6.08. The van der Waals surface area contributed by atoms with Crippen molar-refractivity contribution in [1.29, 1.82) is 0 Å². The summed E-state index contributed by atoms with van der Waals surface area (Å²) in [4.78, 5) is 25.5. The number of aryl methyl sites for hydroxylation is 1. The van der Waals surface area contributed by atoms with E-state index in [0.717, 1.165) is 16.5 Å². The lowest BCUT2D eigenvalue weighted by Crippen LogP contribution is -2.34. The smallest absolute Gasteiger partial charge is 0.305 e. The maximum absolute atomic E-state index is 12.0. The quantitative estimate of drug-likeness (QED) is 0.787. The number of aromatic nitrogens is 1. The Balaban J connectivity index is 2.15. The number of aliphatic carboxylic acids is 1. The number of fused-ring (bicyclic) bond motifs is 1. The molecule has 5 nitrogen and oxygen atoms in total. The first-order valence-corrected chi connectivity index (χ1v) is 6.08. The first kappa shape index (κ1) is 13.1. The number of carboxylic acid groups (broad SMARTS) is 1. The van der Waals surface area contributed by atoms with E-state index in [4.69, 9.17) is 5.11 Å². The number of rotatable bonds is 4. The largest absolute Gasteiger partial charge is 0.481 e. The Morgan fingerprint density at radius 3 is 2.79 bits per heavy atom. The van der Waals surface area contributed by atoms with Crippen LogP contribution in [0.3, 0.4) is 0 Å². The second-order valence-electron chi connectivity index (χ2n) is 4.75. The summed E-state index contributed by atoms with van der Waals surface area (Å²) < 4.78 is 0. The standard InChI is InChI=1S/C14H16N2O3/c1-8-3-4-11-10(5-8)7-12(16-11)14(19)15-9(2)6-13(17)18/h3-5,7,9,16H,6H2,1-2H3,(H,15,19)(H,17,18). The molecule has 0 spiro atoms. The maximum Gasteiger partial charge on any atom is 0.305 e. The van der Waals surface area contributed by atoms with Crippen molar-refractivity contribution in [3.05, 3.63) is 35.5 Å². The summed E-state index contributed by atoms with van der Waals surface area (Å²) in [6.45, 7) is 3.65. The van der Waals surface area contributed by atoms with Crippen LogP contribution in [-0.2, 0) is 4.79 Å². The van der Waals surface area contributed by atoms with Crippen LogP contribution in [0.5, 0.6) is 0 Å². The van der Waals surface area contributed by atoms with E-state index in [9.17, 15) is 9.59 Å². The third-order valence-corrected chi connectivity index (χ3v) is 2.88. The van der Waals surface area contributed by atoms with Crippen molar-refractivity contribution >= 4 is 22.8 Å². The highest BCUT2D eigenvalue weighted by molar-refractivity contribution is 5.98. The number of amides is 1. The van der Waals surface area contributed by atoms with Gasteiger partial charge in [-0.1, -0.05) is 11.6 Å². The fourth-order valence-corrected chi connectivity index (χ4v) is 1.99. The molecule has 1 aromatic heterocycles. The fraction of sp³-hybridized carbons (Fsp3) is 0.286. The highest BCUT2D eigenvalue weighted by Crippen LogP contribution is 2.17. The fourth-order valence-electron chi connectivity index (χ4n) is 1.99. The van der Waals surface area contributed by atoms with Crippen molar-refractivity contribution in [3.8, 4) is 0 Å². The second kappa shape index (κ2) is 5.14. The Kier molecular flexibility index (Phi) is 3.55. The van der Waals surface area contributed by atoms with E-state index in [2.05, 4.69) is 10.3 Å². The van der Waals surface area contributed by atoms with E-state index < -0.39 is 12.0 Å². The topological polar surface area (TPSA) is 82.2 Å². The summed E-state index contributed by atoms with van der Waals surface area (Å²) >= 11 is 0. The lowest BCUT2D eigenvalue weighted by atomic mass is 10.2. The number of carbonyl (C=O) groups is 2. The Bertz CT molecular complexity index is 631. The average Bonchev–Trinajstić information content (AvgIpc) is 2.70. The van der Waals surface area contributed by atoms with Gasteiger partial charge in [0.25, 0.3) is 5.91 Å². The van der Waals surface area contributed by atoms with E-state index in [0.29, 0.717) is 5.69 Å².